The molecule has 0 aromatic rings. The maximum absolute atomic E-state index is 3.79. The first-order valence-electron chi connectivity index (χ1n) is 10.1. The average molecular weight is 335 g/mol. The molecule has 0 saturated heterocycles. The van der Waals surface area contributed by atoms with Gasteiger partial charge in [-0.3, -0.25) is 0 Å². The molecule has 1 heteroatoms. The number of unbranched alkanes of at least 4 members (excludes halogenated alkanes) is 7. The fourth-order valence-corrected chi connectivity index (χ4v) is 1.48. The molecule has 0 unspecified atom stereocenters. The molecule has 22 heavy (non-hydrogen) atoms. The highest BCUT2D eigenvalue weighted by molar-refractivity contribution is 7.80. The molecule has 0 aliphatic heterocycles. The Labute approximate surface area is 150 Å². The van der Waals surface area contributed by atoms with E-state index in [0.29, 0.717) is 0 Å². The molecule has 0 fully saturated rings. The predicted octanol–water partition coefficient (Wildman–Crippen LogP) is 8.94. The summed E-state index contributed by atoms with van der Waals surface area (Å²) in [4.78, 5) is 0. The van der Waals surface area contributed by atoms with Gasteiger partial charge in [-0.25, -0.2) is 0 Å². The fourth-order valence-electron chi connectivity index (χ4n) is 1.48. The predicted molar refractivity (Wildman–Crippen MR) is 114 cm³/mol. The van der Waals surface area contributed by atoms with E-state index in [4.69, 9.17) is 0 Å². The minimum absolute atomic E-state index is 0.904. The minimum Gasteiger partial charge on any atom is -0.180 e. The van der Waals surface area contributed by atoms with Gasteiger partial charge in [0.15, 0.2) is 0 Å². The van der Waals surface area contributed by atoms with Crippen molar-refractivity contribution in [3.05, 3.63) is 0 Å². The van der Waals surface area contributed by atoms with Gasteiger partial charge in [0.25, 0.3) is 0 Å². The largest absolute Gasteiger partial charge is 0.180 e. The average Bonchev–Trinajstić information content (AvgIpc) is 2.49. The molecule has 0 spiro atoms. The molecular weight excluding hydrogens is 284 g/mol. The Hall–Kier alpha value is 0.350. The molecule has 0 aromatic heterocycles. The van der Waals surface area contributed by atoms with Crippen molar-refractivity contribution < 1.29 is 0 Å². The zero-order valence-electron chi connectivity index (χ0n) is 17.5. The smallest absolute Gasteiger partial charge is 0.0126 e. The second kappa shape index (κ2) is 37.5. The first kappa shape index (κ1) is 30.3. The van der Waals surface area contributed by atoms with E-state index in [0.717, 1.165) is 11.7 Å². The van der Waals surface area contributed by atoms with Gasteiger partial charge in [0.1, 0.15) is 0 Å². The molecule has 0 heterocycles. The molecule has 0 amide bonds. The van der Waals surface area contributed by atoms with Crippen LogP contribution in [0.5, 0.6) is 0 Å². The molecular formula is C21H50S. The second-order valence-electron chi connectivity index (χ2n) is 6.27. The van der Waals surface area contributed by atoms with Gasteiger partial charge >= 0.3 is 0 Å². The first-order chi connectivity index (χ1) is 10.5. The van der Waals surface area contributed by atoms with E-state index in [2.05, 4.69) is 61.1 Å². The second-order valence-corrected chi connectivity index (χ2v) is 6.90. The Bertz CT molecular complexity index is 115. The lowest BCUT2D eigenvalue weighted by molar-refractivity contribution is 0.534. The molecule has 0 saturated carbocycles. The van der Waals surface area contributed by atoms with Crippen LogP contribution in [0.25, 0.3) is 0 Å². The van der Waals surface area contributed by atoms with Crippen LogP contribution >= 0.6 is 12.6 Å². The maximum atomic E-state index is 3.79. The van der Waals surface area contributed by atoms with Crippen molar-refractivity contribution in [3.63, 3.8) is 0 Å². The topological polar surface area (TPSA) is 0 Å². The van der Waals surface area contributed by atoms with E-state index in [1.807, 2.05) is 6.92 Å². The van der Waals surface area contributed by atoms with Gasteiger partial charge in [-0.05, 0) is 11.7 Å². The van der Waals surface area contributed by atoms with Crippen LogP contribution < -0.4 is 0 Å². The SMILES string of the molecule is CCCC.CCCCCC(C)C.CCCCCCC.CCS. The lowest BCUT2D eigenvalue weighted by atomic mass is 10.1. The van der Waals surface area contributed by atoms with Crippen molar-refractivity contribution in [2.24, 2.45) is 5.92 Å². The van der Waals surface area contributed by atoms with Crippen molar-refractivity contribution in [1.82, 2.24) is 0 Å². The van der Waals surface area contributed by atoms with Crippen molar-refractivity contribution in [2.45, 2.75) is 126 Å². The van der Waals surface area contributed by atoms with Crippen molar-refractivity contribution in [3.8, 4) is 0 Å². The van der Waals surface area contributed by atoms with Crippen LogP contribution in [0.3, 0.4) is 0 Å². The number of thiol groups is 1. The highest BCUT2D eigenvalue weighted by atomic mass is 32.1. The minimum atomic E-state index is 0.904. The fraction of sp³-hybridized carbons (Fsp3) is 1.00. The van der Waals surface area contributed by atoms with Gasteiger partial charge in [0, 0.05) is 0 Å². The van der Waals surface area contributed by atoms with Crippen LogP contribution in [-0.4, -0.2) is 5.75 Å². The molecule has 0 rings (SSSR count). The number of hydrogen-bond acceptors (Lipinski definition) is 1. The van der Waals surface area contributed by atoms with Crippen LogP contribution in [0.2, 0.25) is 0 Å². The van der Waals surface area contributed by atoms with Crippen molar-refractivity contribution in [2.75, 3.05) is 5.75 Å². The van der Waals surface area contributed by atoms with Crippen LogP contribution in [0.4, 0.5) is 0 Å². The number of rotatable bonds is 9. The summed E-state index contributed by atoms with van der Waals surface area (Å²) in [5.74, 6) is 1.85. The van der Waals surface area contributed by atoms with Gasteiger partial charge in [-0.1, -0.05) is 126 Å². The van der Waals surface area contributed by atoms with E-state index in [1.54, 1.807) is 0 Å². The van der Waals surface area contributed by atoms with Gasteiger partial charge < -0.3 is 0 Å². The summed E-state index contributed by atoms with van der Waals surface area (Å²) in [7, 11) is 0. The Balaban J connectivity index is -0.000000105. The molecule has 0 bridgehead atoms. The lowest BCUT2D eigenvalue weighted by Crippen LogP contribution is -1.85. The Kier molecular flexibility index (Phi) is 51.6. The lowest BCUT2D eigenvalue weighted by Gasteiger charge is -2.00. The van der Waals surface area contributed by atoms with Gasteiger partial charge in [0.2, 0.25) is 0 Å². The Morgan fingerprint density at radius 3 is 1.09 bits per heavy atom. The van der Waals surface area contributed by atoms with Crippen LogP contribution in [-0.2, 0) is 0 Å². The van der Waals surface area contributed by atoms with Crippen LogP contribution in [0, 0.1) is 5.92 Å². The van der Waals surface area contributed by atoms with E-state index in [-0.39, 0.29) is 0 Å². The summed E-state index contributed by atoms with van der Waals surface area (Å²) in [6.07, 6.45) is 15.3. The van der Waals surface area contributed by atoms with Crippen LogP contribution in [0.15, 0.2) is 0 Å². The van der Waals surface area contributed by atoms with E-state index in [9.17, 15) is 0 Å². The third-order valence-electron chi connectivity index (χ3n) is 3.09. The van der Waals surface area contributed by atoms with E-state index >= 15 is 0 Å². The molecule has 0 N–H and O–H groups in total. The normalized spacial score (nSPS) is 9.00. The maximum Gasteiger partial charge on any atom is -0.0126 e. The highest BCUT2D eigenvalue weighted by Gasteiger charge is 1.90. The van der Waals surface area contributed by atoms with Crippen LogP contribution in [0.1, 0.15) is 126 Å². The molecule has 140 valence electrons. The molecule has 0 aromatic carbocycles. The van der Waals surface area contributed by atoms with Crippen molar-refractivity contribution >= 4 is 12.6 Å². The summed E-state index contributed by atoms with van der Waals surface area (Å²) in [5, 5.41) is 0. The standard InChI is InChI=1S/C8H18.C7H16.C4H10.C2H6S/c1-4-5-6-7-8(2)3;1-3-5-7-6-4-2;1-3-4-2;1-2-3/h8H,4-7H2,1-3H3;3-7H2,1-2H3;3-4H2,1-2H3;3H,2H2,1H3. The highest BCUT2D eigenvalue weighted by Crippen LogP contribution is 2.06. The van der Waals surface area contributed by atoms with Crippen molar-refractivity contribution in [1.29, 1.82) is 0 Å². The monoisotopic (exact) mass is 334 g/mol. The Morgan fingerprint density at radius 2 is 0.864 bits per heavy atom. The third kappa shape index (κ3) is 71.1. The van der Waals surface area contributed by atoms with Gasteiger partial charge in [-0.15, -0.1) is 0 Å². The molecule has 0 aliphatic carbocycles. The summed E-state index contributed by atoms with van der Waals surface area (Å²) in [6, 6.07) is 0. The summed E-state index contributed by atoms with van der Waals surface area (Å²) in [5.41, 5.74) is 0. The zero-order chi connectivity index (χ0) is 18.1. The molecule has 0 radical (unpaired) electrons. The first-order valence-corrected chi connectivity index (χ1v) is 10.8. The number of hydrogen-bond donors (Lipinski definition) is 1. The van der Waals surface area contributed by atoms with Gasteiger partial charge in [-0.2, -0.15) is 12.6 Å². The van der Waals surface area contributed by atoms with E-state index < -0.39 is 0 Å². The summed E-state index contributed by atoms with van der Waals surface area (Å²) >= 11 is 3.79. The summed E-state index contributed by atoms with van der Waals surface area (Å²) in [6.45, 7) is 17.7. The molecule has 0 aliphatic rings. The quantitative estimate of drug-likeness (QED) is 0.315. The van der Waals surface area contributed by atoms with Gasteiger partial charge in [0.05, 0.1) is 0 Å². The third-order valence-corrected chi connectivity index (χ3v) is 3.09. The molecule has 0 atom stereocenters. The summed E-state index contributed by atoms with van der Waals surface area (Å²) < 4.78 is 0. The Morgan fingerprint density at radius 1 is 0.545 bits per heavy atom. The zero-order valence-corrected chi connectivity index (χ0v) is 18.4. The molecule has 0 nitrogen and oxygen atoms in total. The van der Waals surface area contributed by atoms with E-state index in [1.165, 1.54) is 70.6 Å².